The van der Waals surface area contributed by atoms with E-state index in [1.807, 2.05) is 6.07 Å². The van der Waals surface area contributed by atoms with E-state index in [0.29, 0.717) is 11.3 Å². The summed E-state index contributed by atoms with van der Waals surface area (Å²) in [6, 6.07) is 3.60. The van der Waals surface area contributed by atoms with Gasteiger partial charge in [-0.25, -0.2) is 8.42 Å². The lowest BCUT2D eigenvalue weighted by molar-refractivity contribution is 0.419. The number of nitriles is 1. The summed E-state index contributed by atoms with van der Waals surface area (Å²) in [4.78, 5) is 4.07. The largest absolute Gasteiger partial charge is 0.345 e. The molecule has 0 bridgehead atoms. The Kier molecular flexibility index (Phi) is 3.16. The average Bonchev–Trinajstić information content (AvgIpc) is 2.92. The van der Waals surface area contributed by atoms with Crippen molar-refractivity contribution in [2.75, 3.05) is 6.26 Å². The van der Waals surface area contributed by atoms with E-state index in [0.717, 1.165) is 6.26 Å². The van der Waals surface area contributed by atoms with Crippen molar-refractivity contribution in [1.82, 2.24) is 14.7 Å². The highest BCUT2D eigenvalue weighted by molar-refractivity contribution is 7.90. The quantitative estimate of drug-likeness (QED) is 0.832. The Morgan fingerprint density at radius 1 is 1.53 bits per heavy atom. The fraction of sp³-hybridized carbons (Fsp3) is 0.364. The predicted molar refractivity (Wildman–Crippen MR) is 66.7 cm³/mol. The first-order chi connectivity index (χ1) is 8.82. The minimum atomic E-state index is -3.28. The summed E-state index contributed by atoms with van der Waals surface area (Å²) >= 11 is 0. The first kappa shape index (κ1) is 13.3. The molecule has 0 aliphatic carbocycles. The number of nitrogens with zero attached hydrogens (tertiary/aromatic N) is 4. The van der Waals surface area contributed by atoms with Crippen LogP contribution in [0.15, 0.2) is 16.8 Å². The molecule has 7 nitrogen and oxygen atoms in total. The number of sulfone groups is 1. The lowest BCUT2D eigenvalue weighted by Gasteiger charge is -2.01. The molecule has 0 radical (unpaired) electrons. The van der Waals surface area contributed by atoms with Crippen LogP contribution in [-0.4, -0.2) is 29.4 Å². The highest BCUT2D eigenvalue weighted by Gasteiger charge is 2.24. The molecule has 0 N–H and O–H groups in total. The van der Waals surface area contributed by atoms with Gasteiger partial charge in [-0.2, -0.15) is 10.2 Å². The summed E-state index contributed by atoms with van der Waals surface area (Å²) in [5.74, 6) is 0.298. The van der Waals surface area contributed by atoms with E-state index in [2.05, 4.69) is 10.1 Å². The van der Waals surface area contributed by atoms with Crippen molar-refractivity contribution in [3.63, 3.8) is 0 Å². The third-order valence-electron chi connectivity index (χ3n) is 2.80. The summed E-state index contributed by atoms with van der Waals surface area (Å²) in [7, 11) is -1.54. The van der Waals surface area contributed by atoms with Crippen LogP contribution >= 0.6 is 0 Å². The topological polar surface area (TPSA) is 102 Å². The molecule has 0 amide bonds. The fourth-order valence-electron chi connectivity index (χ4n) is 1.53. The van der Waals surface area contributed by atoms with Gasteiger partial charge in [-0.05, 0) is 13.0 Å². The van der Waals surface area contributed by atoms with Gasteiger partial charge >= 0.3 is 0 Å². The smallest absolute Gasteiger partial charge is 0.274 e. The van der Waals surface area contributed by atoms with Gasteiger partial charge in [0.2, 0.25) is 0 Å². The van der Waals surface area contributed by atoms with Crippen molar-refractivity contribution >= 4 is 9.84 Å². The molecule has 1 atom stereocenters. The summed E-state index contributed by atoms with van der Waals surface area (Å²) in [6.07, 6.45) is 2.74. The van der Waals surface area contributed by atoms with Crippen molar-refractivity contribution in [1.29, 1.82) is 5.26 Å². The second-order valence-corrected chi connectivity index (χ2v) is 6.63. The Labute approximate surface area is 110 Å². The third kappa shape index (κ3) is 2.51. The second-order valence-electron chi connectivity index (χ2n) is 4.27. The Bertz CT molecular complexity index is 751. The van der Waals surface area contributed by atoms with E-state index >= 15 is 0 Å². The van der Waals surface area contributed by atoms with Gasteiger partial charge in [0, 0.05) is 19.5 Å². The second kappa shape index (κ2) is 4.51. The van der Waals surface area contributed by atoms with E-state index in [-0.39, 0.29) is 11.7 Å². The molecule has 2 heterocycles. The third-order valence-corrected chi connectivity index (χ3v) is 4.30. The summed E-state index contributed by atoms with van der Waals surface area (Å²) < 4.78 is 29.6. The highest BCUT2D eigenvalue weighted by atomic mass is 32.2. The van der Waals surface area contributed by atoms with Crippen LogP contribution in [0.3, 0.4) is 0 Å². The maximum absolute atomic E-state index is 11.4. The number of aromatic nitrogens is 3. The minimum absolute atomic E-state index is 0.109. The summed E-state index contributed by atoms with van der Waals surface area (Å²) in [6.45, 7) is 1.50. The van der Waals surface area contributed by atoms with Crippen LogP contribution in [0.1, 0.15) is 23.6 Å². The molecule has 8 heteroatoms. The monoisotopic (exact) mass is 280 g/mol. The van der Waals surface area contributed by atoms with Crippen molar-refractivity contribution in [2.24, 2.45) is 7.05 Å². The first-order valence-corrected chi connectivity index (χ1v) is 7.37. The molecule has 0 spiro atoms. The molecule has 19 heavy (non-hydrogen) atoms. The lowest BCUT2D eigenvalue weighted by atomic mass is 10.3. The summed E-state index contributed by atoms with van der Waals surface area (Å²) in [5, 5.41) is 11.7. The van der Waals surface area contributed by atoms with Gasteiger partial charge in [0.1, 0.15) is 17.0 Å². The van der Waals surface area contributed by atoms with Crippen LogP contribution in [0.25, 0.3) is 11.6 Å². The molecular weight excluding hydrogens is 268 g/mol. The minimum Gasteiger partial charge on any atom is -0.345 e. The number of aryl methyl sites for hydroxylation is 1. The van der Waals surface area contributed by atoms with Crippen molar-refractivity contribution in [2.45, 2.75) is 12.2 Å². The SMILES string of the molecule is CC(c1noc(-c2cc(C#N)cn2C)n1)S(C)(=O)=O. The Balaban J connectivity index is 2.42. The molecule has 0 saturated carbocycles. The Morgan fingerprint density at radius 2 is 2.21 bits per heavy atom. The average molecular weight is 280 g/mol. The van der Waals surface area contributed by atoms with E-state index in [4.69, 9.17) is 9.78 Å². The Morgan fingerprint density at radius 3 is 2.74 bits per heavy atom. The molecule has 2 aromatic rings. The Hall–Kier alpha value is -2.14. The zero-order valence-corrected chi connectivity index (χ0v) is 11.5. The summed E-state index contributed by atoms with van der Waals surface area (Å²) in [5.41, 5.74) is 1.03. The standard InChI is InChI=1S/C11H12N4O3S/c1-7(19(3,16)17)10-13-11(18-14-10)9-4-8(5-12)6-15(9)2/h4,6-7H,1-3H3. The molecule has 0 saturated heterocycles. The highest BCUT2D eigenvalue weighted by Crippen LogP contribution is 2.23. The predicted octanol–water partition coefficient (Wildman–Crippen LogP) is 1.05. The van der Waals surface area contributed by atoms with Crippen LogP contribution in [-0.2, 0) is 16.9 Å². The molecule has 2 aromatic heterocycles. The molecule has 1 unspecified atom stereocenters. The van der Waals surface area contributed by atoms with Crippen LogP contribution in [0, 0.1) is 11.3 Å². The molecule has 0 aromatic carbocycles. The van der Waals surface area contributed by atoms with Gasteiger partial charge in [0.25, 0.3) is 5.89 Å². The van der Waals surface area contributed by atoms with Crippen LogP contribution in [0.5, 0.6) is 0 Å². The van der Waals surface area contributed by atoms with Gasteiger partial charge in [-0.15, -0.1) is 0 Å². The normalized spacial score (nSPS) is 13.2. The van der Waals surface area contributed by atoms with E-state index in [1.54, 1.807) is 23.9 Å². The number of hydrogen-bond acceptors (Lipinski definition) is 6. The van der Waals surface area contributed by atoms with E-state index in [1.165, 1.54) is 6.92 Å². The van der Waals surface area contributed by atoms with Crippen LogP contribution in [0.4, 0.5) is 0 Å². The maximum Gasteiger partial charge on any atom is 0.274 e. The molecular formula is C11H12N4O3S. The molecule has 0 aliphatic rings. The van der Waals surface area contributed by atoms with E-state index in [9.17, 15) is 8.42 Å². The van der Waals surface area contributed by atoms with Crippen molar-refractivity contribution in [3.8, 4) is 17.7 Å². The van der Waals surface area contributed by atoms with Crippen LogP contribution in [0.2, 0.25) is 0 Å². The maximum atomic E-state index is 11.4. The zero-order valence-electron chi connectivity index (χ0n) is 10.7. The number of rotatable bonds is 3. The van der Waals surface area contributed by atoms with Crippen LogP contribution < -0.4 is 0 Å². The zero-order chi connectivity index (χ0) is 14.2. The lowest BCUT2D eigenvalue weighted by Crippen LogP contribution is -2.09. The van der Waals surface area contributed by atoms with Gasteiger partial charge in [-0.3, -0.25) is 0 Å². The van der Waals surface area contributed by atoms with Gasteiger partial charge in [-0.1, -0.05) is 5.16 Å². The van der Waals surface area contributed by atoms with Gasteiger partial charge in [0.05, 0.1) is 5.56 Å². The molecule has 0 aliphatic heterocycles. The van der Waals surface area contributed by atoms with Crippen molar-refractivity contribution in [3.05, 3.63) is 23.7 Å². The molecule has 0 fully saturated rings. The van der Waals surface area contributed by atoms with Gasteiger partial charge in [0.15, 0.2) is 15.7 Å². The van der Waals surface area contributed by atoms with Gasteiger partial charge < -0.3 is 9.09 Å². The van der Waals surface area contributed by atoms with E-state index < -0.39 is 15.1 Å². The fourth-order valence-corrected chi connectivity index (χ4v) is 2.01. The first-order valence-electron chi connectivity index (χ1n) is 5.42. The number of hydrogen-bond donors (Lipinski definition) is 0. The van der Waals surface area contributed by atoms with Crippen molar-refractivity contribution < 1.29 is 12.9 Å². The molecule has 2 rings (SSSR count). The molecule has 100 valence electrons.